The number of fused-ring (bicyclic) bond motifs is 1. The highest BCUT2D eigenvalue weighted by atomic mass is 16.5. The standard InChI is InChI=1S/C17H18N4O2/c1-12-4-5-21-14(10-19-16(21)7-12)8-13(9-18)17(22)20-11-15-3-2-6-23-15/h4-5,7-8,10,15H,2-3,6,11H2,1H3,(H,20,22)/b13-8+. The van der Waals surface area contributed by atoms with Gasteiger partial charge in [0.25, 0.3) is 5.91 Å². The van der Waals surface area contributed by atoms with E-state index in [1.54, 1.807) is 12.3 Å². The molecule has 1 fully saturated rings. The number of hydrogen-bond acceptors (Lipinski definition) is 4. The van der Waals surface area contributed by atoms with Gasteiger partial charge in [0.15, 0.2) is 0 Å². The van der Waals surface area contributed by atoms with Gasteiger partial charge in [0.05, 0.1) is 18.0 Å². The molecule has 1 amide bonds. The van der Waals surface area contributed by atoms with Crippen LogP contribution < -0.4 is 5.32 Å². The van der Waals surface area contributed by atoms with Crippen molar-refractivity contribution >= 4 is 17.6 Å². The maximum absolute atomic E-state index is 12.2. The van der Waals surface area contributed by atoms with E-state index in [9.17, 15) is 10.1 Å². The third-order valence-corrected chi connectivity index (χ3v) is 3.87. The first kappa shape index (κ1) is 15.3. The van der Waals surface area contributed by atoms with E-state index in [0.29, 0.717) is 12.2 Å². The van der Waals surface area contributed by atoms with Crippen molar-refractivity contribution in [1.29, 1.82) is 5.26 Å². The molecule has 1 unspecified atom stereocenters. The van der Waals surface area contributed by atoms with E-state index >= 15 is 0 Å². The number of pyridine rings is 1. The Morgan fingerprint density at radius 1 is 1.65 bits per heavy atom. The summed E-state index contributed by atoms with van der Waals surface area (Å²) in [6.07, 6.45) is 7.10. The maximum Gasteiger partial charge on any atom is 0.262 e. The summed E-state index contributed by atoms with van der Waals surface area (Å²) in [5, 5.41) is 12.0. The molecule has 1 atom stereocenters. The van der Waals surface area contributed by atoms with Crippen LogP contribution in [0.4, 0.5) is 0 Å². The Hall–Kier alpha value is -2.65. The van der Waals surface area contributed by atoms with Crippen molar-refractivity contribution in [1.82, 2.24) is 14.7 Å². The van der Waals surface area contributed by atoms with Crippen LogP contribution in [0.3, 0.4) is 0 Å². The number of carbonyl (C=O) groups excluding carboxylic acids is 1. The number of nitrogens with one attached hydrogen (secondary N) is 1. The van der Waals surface area contributed by atoms with Crippen LogP contribution in [0.1, 0.15) is 24.1 Å². The topological polar surface area (TPSA) is 79.4 Å². The van der Waals surface area contributed by atoms with Gasteiger partial charge in [-0.3, -0.25) is 4.79 Å². The van der Waals surface area contributed by atoms with E-state index in [1.165, 1.54) is 0 Å². The third kappa shape index (κ3) is 3.41. The van der Waals surface area contributed by atoms with E-state index < -0.39 is 0 Å². The fourth-order valence-corrected chi connectivity index (χ4v) is 2.61. The van der Waals surface area contributed by atoms with Gasteiger partial charge in [0, 0.05) is 19.3 Å². The summed E-state index contributed by atoms with van der Waals surface area (Å²) in [6.45, 7) is 3.16. The molecular weight excluding hydrogens is 292 g/mol. The van der Waals surface area contributed by atoms with E-state index in [2.05, 4.69) is 10.3 Å². The number of imidazole rings is 1. The number of aryl methyl sites for hydroxylation is 1. The SMILES string of the molecule is Cc1ccn2c(/C=C(\C#N)C(=O)NCC3CCCO3)cnc2c1. The number of nitrogens with zero attached hydrogens (tertiary/aromatic N) is 3. The average molecular weight is 310 g/mol. The molecule has 23 heavy (non-hydrogen) atoms. The molecule has 3 rings (SSSR count). The fraction of sp³-hybridized carbons (Fsp3) is 0.353. The van der Waals surface area contributed by atoms with Gasteiger partial charge < -0.3 is 14.5 Å². The number of ether oxygens (including phenoxy) is 1. The minimum Gasteiger partial charge on any atom is -0.376 e. The molecule has 1 aliphatic heterocycles. The van der Waals surface area contributed by atoms with Gasteiger partial charge in [0.2, 0.25) is 0 Å². The first-order chi connectivity index (χ1) is 11.2. The molecular formula is C17H18N4O2. The molecule has 0 saturated carbocycles. The molecule has 6 nitrogen and oxygen atoms in total. The largest absolute Gasteiger partial charge is 0.376 e. The van der Waals surface area contributed by atoms with Crippen LogP contribution in [-0.2, 0) is 9.53 Å². The maximum atomic E-state index is 12.2. The number of nitriles is 1. The lowest BCUT2D eigenvalue weighted by atomic mass is 10.2. The zero-order valence-electron chi connectivity index (χ0n) is 13.0. The minimum absolute atomic E-state index is 0.0534. The molecule has 1 N–H and O–H groups in total. The molecule has 2 aromatic rings. The van der Waals surface area contributed by atoms with Crippen LogP contribution in [0.5, 0.6) is 0 Å². The zero-order valence-corrected chi connectivity index (χ0v) is 13.0. The third-order valence-electron chi connectivity index (χ3n) is 3.87. The van der Waals surface area contributed by atoms with Gasteiger partial charge in [-0.05, 0) is 43.5 Å². The normalized spacial score (nSPS) is 18.1. The Labute approximate surface area is 134 Å². The number of rotatable bonds is 4. The molecule has 0 radical (unpaired) electrons. The molecule has 3 heterocycles. The Morgan fingerprint density at radius 2 is 2.52 bits per heavy atom. The van der Waals surface area contributed by atoms with Gasteiger partial charge >= 0.3 is 0 Å². The monoisotopic (exact) mass is 310 g/mol. The van der Waals surface area contributed by atoms with Gasteiger partial charge in [-0.15, -0.1) is 0 Å². The lowest BCUT2D eigenvalue weighted by Crippen LogP contribution is -2.32. The van der Waals surface area contributed by atoms with Crippen LogP contribution >= 0.6 is 0 Å². The Balaban J connectivity index is 1.77. The van der Waals surface area contributed by atoms with Crippen molar-refractivity contribution in [2.45, 2.75) is 25.9 Å². The van der Waals surface area contributed by atoms with Crippen molar-refractivity contribution in [3.8, 4) is 6.07 Å². The summed E-state index contributed by atoms with van der Waals surface area (Å²) in [7, 11) is 0. The van der Waals surface area contributed by atoms with Crippen LogP contribution in [0.25, 0.3) is 11.7 Å². The number of hydrogen-bond donors (Lipinski definition) is 1. The van der Waals surface area contributed by atoms with Gasteiger partial charge in [-0.1, -0.05) is 0 Å². The second-order valence-electron chi connectivity index (χ2n) is 5.63. The van der Waals surface area contributed by atoms with Crippen LogP contribution in [0.15, 0.2) is 30.1 Å². The molecule has 118 valence electrons. The summed E-state index contributed by atoms with van der Waals surface area (Å²) < 4.78 is 7.31. The molecule has 0 spiro atoms. The Bertz CT molecular complexity index is 795. The van der Waals surface area contributed by atoms with Gasteiger partial charge in [-0.2, -0.15) is 5.26 Å². The van der Waals surface area contributed by atoms with E-state index in [4.69, 9.17) is 4.74 Å². The summed E-state index contributed by atoms with van der Waals surface area (Å²) in [6, 6.07) is 5.86. The summed E-state index contributed by atoms with van der Waals surface area (Å²) in [5.41, 5.74) is 2.65. The molecule has 0 bridgehead atoms. The van der Waals surface area contributed by atoms with Crippen molar-refractivity contribution in [2.24, 2.45) is 0 Å². The highest BCUT2D eigenvalue weighted by molar-refractivity contribution is 6.01. The molecule has 2 aromatic heterocycles. The molecule has 1 saturated heterocycles. The van der Waals surface area contributed by atoms with Crippen molar-refractivity contribution in [2.75, 3.05) is 13.2 Å². The number of carbonyl (C=O) groups is 1. The summed E-state index contributed by atoms with van der Waals surface area (Å²) in [5.74, 6) is -0.384. The van der Waals surface area contributed by atoms with E-state index in [0.717, 1.165) is 30.7 Å². The van der Waals surface area contributed by atoms with Crippen molar-refractivity contribution < 1.29 is 9.53 Å². The molecule has 0 aromatic carbocycles. The Morgan fingerprint density at radius 3 is 3.26 bits per heavy atom. The van der Waals surface area contributed by atoms with Gasteiger partial charge in [-0.25, -0.2) is 4.98 Å². The van der Waals surface area contributed by atoms with Crippen molar-refractivity contribution in [3.05, 3.63) is 41.4 Å². The molecule has 6 heteroatoms. The molecule has 1 aliphatic rings. The Kier molecular flexibility index (Phi) is 4.40. The highest BCUT2D eigenvalue weighted by Crippen LogP contribution is 2.13. The first-order valence-electron chi connectivity index (χ1n) is 7.62. The van der Waals surface area contributed by atoms with Crippen molar-refractivity contribution in [3.63, 3.8) is 0 Å². The second kappa shape index (κ2) is 6.63. The first-order valence-corrected chi connectivity index (χ1v) is 7.62. The predicted molar refractivity (Wildman–Crippen MR) is 85.5 cm³/mol. The lowest BCUT2D eigenvalue weighted by Gasteiger charge is -2.10. The number of amides is 1. The van der Waals surface area contributed by atoms with Crippen LogP contribution in [0.2, 0.25) is 0 Å². The summed E-state index contributed by atoms with van der Waals surface area (Å²) in [4.78, 5) is 16.5. The quantitative estimate of drug-likeness (QED) is 0.690. The number of aromatic nitrogens is 2. The van der Waals surface area contributed by atoms with E-state index in [1.807, 2.05) is 35.7 Å². The average Bonchev–Trinajstić information content (AvgIpc) is 3.19. The predicted octanol–water partition coefficient (Wildman–Crippen LogP) is 1.84. The highest BCUT2D eigenvalue weighted by Gasteiger charge is 2.17. The van der Waals surface area contributed by atoms with Gasteiger partial charge in [0.1, 0.15) is 17.3 Å². The molecule has 0 aliphatic carbocycles. The zero-order chi connectivity index (χ0) is 16.2. The van der Waals surface area contributed by atoms with Crippen LogP contribution in [-0.4, -0.2) is 34.5 Å². The smallest absolute Gasteiger partial charge is 0.262 e. The summed E-state index contributed by atoms with van der Waals surface area (Å²) >= 11 is 0. The minimum atomic E-state index is -0.384. The van der Waals surface area contributed by atoms with E-state index in [-0.39, 0.29) is 17.6 Å². The van der Waals surface area contributed by atoms with Crippen LogP contribution in [0, 0.1) is 18.3 Å². The fourth-order valence-electron chi connectivity index (χ4n) is 2.61. The lowest BCUT2D eigenvalue weighted by molar-refractivity contribution is -0.117. The second-order valence-corrected chi connectivity index (χ2v) is 5.63.